The first-order valence-corrected chi connectivity index (χ1v) is 45.1. The van der Waals surface area contributed by atoms with E-state index in [9.17, 15) is 0 Å². The molecule has 0 saturated carbocycles. The van der Waals surface area contributed by atoms with Crippen LogP contribution in [0.25, 0.3) is 247 Å². The van der Waals surface area contributed by atoms with Crippen LogP contribution in [0.5, 0.6) is 0 Å². The number of thiophene rings is 2. The Bertz CT molecular complexity index is 7720. The molecular weight excluding hydrogens is 1600 g/mol. The van der Waals surface area contributed by atoms with Gasteiger partial charge in [-0.3, -0.25) is 0 Å². The molecule has 6 aliphatic heterocycles. The predicted molar refractivity (Wildman–Crippen MR) is 543 cm³/mol. The Morgan fingerprint density at radius 2 is 0.273 bits per heavy atom. The van der Waals surface area contributed by atoms with Gasteiger partial charge in [0, 0.05) is 130 Å². The van der Waals surface area contributed by atoms with E-state index in [1.54, 1.807) is 22.7 Å². The lowest BCUT2D eigenvalue weighted by molar-refractivity contribution is 1.29. The summed E-state index contributed by atoms with van der Waals surface area (Å²) in [5.41, 5.74) is 46.0. The summed E-state index contributed by atoms with van der Waals surface area (Å²) in [5.74, 6) is 0. The molecule has 10 nitrogen and oxygen atoms in total. The highest BCUT2D eigenvalue weighted by molar-refractivity contribution is 7.24. The maximum absolute atomic E-state index is 6.05. The topological polar surface area (TPSA) is 140 Å². The zero-order valence-electron chi connectivity index (χ0n) is 71.8. The van der Waals surface area contributed by atoms with Crippen molar-refractivity contribution in [2.45, 2.75) is 55.4 Å². The van der Waals surface area contributed by atoms with Crippen molar-refractivity contribution in [3.8, 4) is 111 Å². The molecule has 23 rings (SSSR count). The van der Waals surface area contributed by atoms with Crippen molar-refractivity contribution in [1.82, 2.24) is 49.8 Å². The predicted octanol–water partition coefficient (Wildman–Crippen LogP) is 31.2. The first-order valence-electron chi connectivity index (χ1n) is 43.5. The average Bonchev–Trinajstić information content (AvgIpc) is 1.59. The molecule has 4 N–H and O–H groups in total. The number of H-pyrrole nitrogens is 4. The third-order valence-electron chi connectivity index (χ3n) is 25.2. The molecular formula is C116H84N10S2. The second-order valence-electron chi connectivity index (χ2n) is 34.2. The minimum absolute atomic E-state index is 0.755. The molecule has 0 radical (unpaired) electrons. The number of nitrogens with zero attached hydrogens (tertiary/aromatic N) is 6. The molecule has 0 amide bonds. The highest BCUT2D eigenvalue weighted by Crippen LogP contribution is 2.49. The SMILES string of the molecule is Cc1ccc(-c2c3nc(c(-c4ccc(C)cc4)c4ccc(s4)c(-c4c5nc(c(-c6ccc(C)cc6)c6ccc([nH]6)c(-c6c7nc(c(-c8ccc(C)cc8)c8ccc([nH]8)c(-c8ccc(C)cc8)c8nc(c(-c9ccc(C)cc9)c9ccc6s9)C=C8)C=C7)c6nc(c(-c7ccc(C)cc7)c7ccc4[nH]7)C=C6)C=C5)c4nc(c(-c5ccc(C)cc5)c5ccc2[nH]5)C=C4)C=C3)cc1. The monoisotopic (exact) mass is 1680 g/mol. The molecule has 610 valence electrons. The number of benzene rings is 8. The van der Waals surface area contributed by atoms with Gasteiger partial charge in [0.25, 0.3) is 0 Å². The fourth-order valence-electron chi connectivity index (χ4n) is 18.6. The van der Waals surface area contributed by atoms with E-state index >= 15 is 0 Å². The van der Waals surface area contributed by atoms with Crippen LogP contribution in [0.1, 0.15) is 113 Å². The smallest absolute Gasteiger partial charge is 0.0738 e. The second-order valence-corrected chi connectivity index (χ2v) is 36.4. The van der Waals surface area contributed by atoms with Crippen molar-refractivity contribution in [2.75, 3.05) is 0 Å². The normalized spacial score (nSPS) is 12.5. The molecule has 24 bridgehead atoms. The molecule has 17 aromatic rings. The third-order valence-corrected chi connectivity index (χ3v) is 27.5. The van der Waals surface area contributed by atoms with Gasteiger partial charge in [-0.05, 0) is 246 Å². The number of nitrogens with one attached hydrogen (secondary N) is 4. The Labute approximate surface area is 749 Å². The quantitative estimate of drug-likeness (QED) is 0.107. The summed E-state index contributed by atoms with van der Waals surface area (Å²) in [6, 6.07) is 97.5. The van der Waals surface area contributed by atoms with Crippen molar-refractivity contribution < 1.29 is 0 Å². The maximum Gasteiger partial charge on any atom is 0.0738 e. The second kappa shape index (κ2) is 31.3. The molecule has 0 saturated heterocycles. The van der Waals surface area contributed by atoms with Crippen LogP contribution in [0.4, 0.5) is 0 Å². The van der Waals surface area contributed by atoms with E-state index in [1.165, 1.54) is 33.4 Å². The van der Waals surface area contributed by atoms with E-state index in [4.69, 9.17) is 29.9 Å². The van der Waals surface area contributed by atoms with Crippen LogP contribution < -0.4 is 0 Å². The molecule has 12 heteroatoms. The van der Waals surface area contributed by atoms with Gasteiger partial charge in [0.2, 0.25) is 0 Å². The van der Waals surface area contributed by atoms with Crippen LogP contribution in [-0.4, -0.2) is 49.8 Å². The van der Waals surface area contributed by atoms with Gasteiger partial charge in [-0.2, -0.15) is 0 Å². The van der Waals surface area contributed by atoms with Crippen molar-refractivity contribution in [3.05, 3.63) is 380 Å². The number of fused-ring (bicyclic) bond motifs is 24. The van der Waals surface area contributed by atoms with E-state index in [0.717, 1.165) is 254 Å². The Kier molecular flexibility index (Phi) is 18.9. The molecule has 0 fully saturated rings. The van der Waals surface area contributed by atoms with Crippen molar-refractivity contribution in [3.63, 3.8) is 0 Å². The Hall–Kier alpha value is -15.6. The summed E-state index contributed by atoms with van der Waals surface area (Å²) in [6.07, 6.45) is 26.4. The van der Waals surface area contributed by atoms with Gasteiger partial charge >= 0.3 is 0 Å². The molecule has 0 unspecified atom stereocenters. The largest absolute Gasteiger partial charge is 0.354 e. The van der Waals surface area contributed by atoms with Gasteiger partial charge in [-0.25, -0.2) is 29.9 Å². The number of aryl methyl sites for hydroxylation is 8. The summed E-state index contributed by atoms with van der Waals surface area (Å²) in [7, 11) is 0. The first-order chi connectivity index (χ1) is 62.6. The lowest BCUT2D eigenvalue weighted by Gasteiger charge is -2.09. The Morgan fingerprint density at radius 3 is 0.453 bits per heavy atom. The standard InChI is InChI=1S/C116H84N10S2/c1-65-9-25-73(26-10-65)105-81-41-43-83(117-81)107(75-29-13-67(3)14-30-75)91-51-59-99(125-91)115(103-63-61-101(127-103)111(93-53-45-85(105)119-93)79-37-21-71(7)22-38-79)113-95-55-47-87(121-95)109(77-33-17-69(5)18-34-77)89-49-57-97(123-89)114(98-58-50-90(124-98)110(88-48-56-96(113)122-88)78-35-19-70(6)20-36-78)116-100-60-52-92(126-100)108(76-31-15-68(4)16-32-76)84-44-42-82(118-84)106(74-27-11-66(2)12-28-74)86-46-54-94(120-86)112(102-62-64-104(116)128-102)80-39-23-72(8)24-40-80/h9-64,117-118,121,124H,1-8H3. The third kappa shape index (κ3) is 13.9. The molecule has 9 aromatic heterocycles. The summed E-state index contributed by atoms with van der Waals surface area (Å²) in [5, 5.41) is 0. The Balaban J connectivity index is 0.849. The minimum atomic E-state index is 0.755. The van der Waals surface area contributed by atoms with E-state index in [0.29, 0.717) is 0 Å². The van der Waals surface area contributed by atoms with Gasteiger partial charge in [0.1, 0.15) is 0 Å². The van der Waals surface area contributed by atoms with E-state index in [2.05, 4.69) is 415 Å². The van der Waals surface area contributed by atoms with Crippen LogP contribution in [-0.2, 0) is 0 Å². The number of aromatic nitrogens is 10. The number of hydrogen-bond acceptors (Lipinski definition) is 8. The summed E-state index contributed by atoms with van der Waals surface area (Å²) in [4.78, 5) is 51.8. The van der Waals surface area contributed by atoms with Gasteiger partial charge in [-0.15, -0.1) is 22.7 Å². The molecule has 8 aromatic carbocycles. The molecule has 6 aliphatic rings. The van der Waals surface area contributed by atoms with Gasteiger partial charge in [0.05, 0.1) is 68.3 Å². The molecule has 128 heavy (non-hydrogen) atoms. The summed E-state index contributed by atoms with van der Waals surface area (Å²) in [6.45, 7) is 17.1. The van der Waals surface area contributed by atoms with Crippen molar-refractivity contribution in [1.29, 1.82) is 0 Å². The van der Waals surface area contributed by atoms with Gasteiger partial charge in [-0.1, -0.05) is 239 Å². The van der Waals surface area contributed by atoms with Crippen molar-refractivity contribution >= 4 is 159 Å². The first kappa shape index (κ1) is 77.2. The zero-order valence-corrected chi connectivity index (χ0v) is 73.5. The van der Waals surface area contributed by atoms with Gasteiger partial charge in [0.15, 0.2) is 0 Å². The van der Waals surface area contributed by atoms with E-state index in [1.807, 2.05) is 0 Å². The molecule has 0 atom stereocenters. The molecule has 0 aliphatic carbocycles. The van der Waals surface area contributed by atoms with Crippen LogP contribution in [0, 0.1) is 55.4 Å². The summed E-state index contributed by atoms with van der Waals surface area (Å²) < 4.78 is 4.09. The van der Waals surface area contributed by atoms with Crippen LogP contribution >= 0.6 is 22.7 Å². The van der Waals surface area contributed by atoms with Crippen molar-refractivity contribution in [2.24, 2.45) is 0 Å². The van der Waals surface area contributed by atoms with Crippen LogP contribution in [0.2, 0.25) is 0 Å². The van der Waals surface area contributed by atoms with E-state index in [-0.39, 0.29) is 0 Å². The molecule has 15 heterocycles. The zero-order chi connectivity index (χ0) is 86.1. The fourth-order valence-corrected chi connectivity index (χ4v) is 20.9. The number of rotatable bonds is 10. The number of aromatic amines is 4. The van der Waals surface area contributed by atoms with E-state index < -0.39 is 0 Å². The highest BCUT2D eigenvalue weighted by atomic mass is 32.1. The highest BCUT2D eigenvalue weighted by Gasteiger charge is 2.28. The van der Waals surface area contributed by atoms with Gasteiger partial charge < -0.3 is 19.9 Å². The average molecular weight is 1680 g/mol. The minimum Gasteiger partial charge on any atom is -0.354 e. The van der Waals surface area contributed by atoms with Crippen LogP contribution in [0.15, 0.2) is 267 Å². The molecule has 0 spiro atoms. The van der Waals surface area contributed by atoms with Crippen LogP contribution in [0.3, 0.4) is 0 Å². The lowest BCUT2D eigenvalue weighted by atomic mass is 10.0. The Morgan fingerprint density at radius 1 is 0.141 bits per heavy atom. The lowest BCUT2D eigenvalue weighted by Crippen LogP contribution is -1.92. The maximum atomic E-state index is 6.05. The summed E-state index contributed by atoms with van der Waals surface area (Å²) >= 11 is 3.49. The number of hydrogen-bond donors (Lipinski definition) is 4. The fraction of sp³-hybridized carbons (Fsp3) is 0.0690.